The third-order valence-electron chi connectivity index (χ3n) is 7.97. The highest BCUT2D eigenvalue weighted by Crippen LogP contribution is 2.31. The number of nitrogen functional groups attached to an aromatic ring is 1. The van der Waals surface area contributed by atoms with Crippen molar-refractivity contribution in [3.8, 4) is 17.1 Å². The molecule has 1 fully saturated rings. The molecule has 2 aromatic heterocycles. The highest BCUT2D eigenvalue weighted by atomic mass is 15.4. The second kappa shape index (κ2) is 11.1. The Kier molecular flexibility index (Phi) is 7.21. The first-order valence-electron chi connectivity index (χ1n) is 14.2. The van der Waals surface area contributed by atoms with Crippen molar-refractivity contribution >= 4 is 23.3 Å². The second-order valence-electron chi connectivity index (χ2n) is 10.8. The van der Waals surface area contributed by atoms with Gasteiger partial charge in [-0.25, -0.2) is 0 Å². The summed E-state index contributed by atoms with van der Waals surface area (Å²) in [5.41, 5.74) is 14.2. The molecule has 0 amide bonds. The SMILES string of the molecule is C/C=C(\c1ccc(Nc2nc(N)n(-c3cc4c(nn3)-c3ccccc3CCC4)n2)cc1)N1CCN(C(C)C)CC1. The summed E-state index contributed by atoms with van der Waals surface area (Å²) in [6.45, 7) is 10.9. The predicted molar refractivity (Wildman–Crippen MR) is 160 cm³/mol. The molecule has 0 unspecified atom stereocenters. The smallest absolute Gasteiger partial charge is 0.248 e. The molecule has 1 saturated heterocycles. The van der Waals surface area contributed by atoms with Gasteiger partial charge in [-0.1, -0.05) is 42.5 Å². The molecule has 9 nitrogen and oxygen atoms in total. The minimum Gasteiger partial charge on any atom is -0.369 e. The highest BCUT2D eigenvalue weighted by Gasteiger charge is 2.21. The van der Waals surface area contributed by atoms with Crippen LogP contribution in [0.25, 0.3) is 22.8 Å². The molecular formula is C31H37N9. The van der Waals surface area contributed by atoms with Gasteiger partial charge in [-0.05, 0) is 74.9 Å². The monoisotopic (exact) mass is 535 g/mol. The average Bonchev–Trinajstić information content (AvgIpc) is 3.23. The molecule has 0 bridgehead atoms. The lowest BCUT2D eigenvalue weighted by Crippen LogP contribution is -2.47. The van der Waals surface area contributed by atoms with Gasteiger partial charge < -0.3 is 16.0 Å². The van der Waals surface area contributed by atoms with Gasteiger partial charge >= 0.3 is 0 Å². The number of nitrogens with two attached hydrogens (primary N) is 1. The molecule has 206 valence electrons. The Morgan fingerprint density at radius 1 is 0.950 bits per heavy atom. The van der Waals surface area contributed by atoms with E-state index in [0.29, 0.717) is 17.8 Å². The number of fused-ring (bicyclic) bond motifs is 3. The van der Waals surface area contributed by atoms with Crippen LogP contribution in [0.5, 0.6) is 0 Å². The summed E-state index contributed by atoms with van der Waals surface area (Å²) in [7, 11) is 0. The zero-order valence-corrected chi connectivity index (χ0v) is 23.5. The Morgan fingerprint density at radius 2 is 1.70 bits per heavy atom. The third kappa shape index (κ3) is 5.16. The molecule has 40 heavy (non-hydrogen) atoms. The summed E-state index contributed by atoms with van der Waals surface area (Å²) in [4.78, 5) is 9.45. The molecule has 1 aliphatic heterocycles. The molecule has 9 heteroatoms. The first kappa shape index (κ1) is 26.0. The number of nitrogens with zero attached hydrogens (tertiary/aromatic N) is 7. The minimum atomic E-state index is 0.263. The van der Waals surface area contributed by atoms with Crippen molar-refractivity contribution in [3.05, 3.63) is 77.4 Å². The number of hydrogen-bond acceptors (Lipinski definition) is 8. The normalized spacial score (nSPS) is 16.0. The Balaban J connectivity index is 1.17. The van der Waals surface area contributed by atoms with Crippen LogP contribution in [0, 0.1) is 0 Å². The number of allylic oxidation sites excluding steroid dienone is 1. The lowest BCUT2D eigenvalue weighted by Gasteiger charge is -2.39. The van der Waals surface area contributed by atoms with Crippen LogP contribution in [0.4, 0.5) is 17.6 Å². The first-order chi connectivity index (χ1) is 19.5. The van der Waals surface area contributed by atoms with Crippen LogP contribution in [0.1, 0.15) is 43.9 Å². The van der Waals surface area contributed by atoms with Gasteiger partial charge in [0.15, 0.2) is 5.82 Å². The summed E-state index contributed by atoms with van der Waals surface area (Å²) in [6, 6.07) is 19.5. The van der Waals surface area contributed by atoms with Gasteiger partial charge in [0.05, 0.1) is 5.69 Å². The van der Waals surface area contributed by atoms with Crippen LogP contribution in [0.3, 0.4) is 0 Å². The molecule has 2 aliphatic rings. The highest BCUT2D eigenvalue weighted by molar-refractivity contribution is 5.69. The minimum absolute atomic E-state index is 0.263. The van der Waals surface area contributed by atoms with E-state index in [-0.39, 0.29) is 5.95 Å². The maximum atomic E-state index is 6.27. The third-order valence-corrected chi connectivity index (χ3v) is 7.97. The largest absolute Gasteiger partial charge is 0.369 e. The van der Waals surface area contributed by atoms with Crippen LogP contribution < -0.4 is 11.1 Å². The summed E-state index contributed by atoms with van der Waals surface area (Å²) in [5.74, 6) is 1.25. The number of piperazine rings is 1. The number of aryl methyl sites for hydroxylation is 2. The van der Waals surface area contributed by atoms with E-state index in [0.717, 1.165) is 67.9 Å². The quantitative estimate of drug-likeness (QED) is 0.359. The molecule has 6 rings (SSSR count). The average molecular weight is 536 g/mol. The van der Waals surface area contributed by atoms with Crippen LogP contribution in [0.15, 0.2) is 60.7 Å². The van der Waals surface area contributed by atoms with Crippen molar-refractivity contribution in [3.63, 3.8) is 0 Å². The lowest BCUT2D eigenvalue weighted by atomic mass is 10.0. The van der Waals surface area contributed by atoms with Gasteiger partial charge in [0.25, 0.3) is 0 Å². The number of nitrogens with one attached hydrogen (secondary N) is 1. The molecular weight excluding hydrogens is 498 g/mol. The fraction of sp³-hybridized carbons (Fsp3) is 0.355. The van der Waals surface area contributed by atoms with Gasteiger partial charge in [-0.3, -0.25) is 4.90 Å². The summed E-state index contributed by atoms with van der Waals surface area (Å²) in [6.07, 6.45) is 5.23. The predicted octanol–water partition coefficient (Wildman–Crippen LogP) is 4.93. The van der Waals surface area contributed by atoms with Crippen molar-refractivity contribution in [2.45, 2.75) is 46.1 Å². The Bertz CT molecular complexity index is 1510. The Labute approximate surface area is 235 Å². The van der Waals surface area contributed by atoms with E-state index in [1.54, 1.807) is 4.68 Å². The van der Waals surface area contributed by atoms with E-state index in [2.05, 4.69) is 111 Å². The van der Waals surface area contributed by atoms with E-state index in [1.807, 2.05) is 6.07 Å². The first-order valence-corrected chi connectivity index (χ1v) is 14.2. The summed E-state index contributed by atoms with van der Waals surface area (Å²) >= 11 is 0. The lowest BCUT2D eigenvalue weighted by molar-refractivity contribution is 0.143. The van der Waals surface area contributed by atoms with Gasteiger partial charge in [0, 0.05) is 49.2 Å². The van der Waals surface area contributed by atoms with Gasteiger partial charge in [0.2, 0.25) is 11.9 Å². The van der Waals surface area contributed by atoms with Crippen LogP contribution in [-0.4, -0.2) is 67.0 Å². The van der Waals surface area contributed by atoms with E-state index >= 15 is 0 Å². The molecule has 0 atom stereocenters. The molecule has 2 aromatic carbocycles. The standard InChI is InChI=1S/C31H37N9/c1-4-27(39-18-16-38(17-19-39)21(2)3)23-12-14-25(15-13-23)33-31-34-30(32)40(37-31)28-20-24-10-7-9-22-8-5-6-11-26(22)29(24)36-35-28/h4-6,8,11-15,20-21H,7,9-10,16-19H2,1-3H3,(H3,32,33,34,37)/b27-4+. The fourth-order valence-corrected chi connectivity index (χ4v) is 5.79. The number of benzene rings is 2. The van der Waals surface area contributed by atoms with Crippen molar-refractivity contribution < 1.29 is 0 Å². The Hall–Kier alpha value is -4.24. The van der Waals surface area contributed by atoms with Crippen molar-refractivity contribution in [2.75, 3.05) is 37.2 Å². The molecule has 1 aliphatic carbocycles. The topological polar surface area (TPSA) is 101 Å². The number of anilines is 3. The molecule has 4 aromatic rings. The van der Waals surface area contributed by atoms with Crippen LogP contribution >= 0.6 is 0 Å². The summed E-state index contributed by atoms with van der Waals surface area (Å²) < 4.78 is 1.55. The second-order valence-corrected chi connectivity index (χ2v) is 10.8. The maximum absolute atomic E-state index is 6.27. The summed E-state index contributed by atoms with van der Waals surface area (Å²) in [5, 5.41) is 17.0. The van der Waals surface area contributed by atoms with E-state index in [4.69, 9.17) is 5.73 Å². The van der Waals surface area contributed by atoms with Crippen molar-refractivity contribution in [1.82, 2.24) is 34.8 Å². The fourth-order valence-electron chi connectivity index (χ4n) is 5.79. The molecule has 3 heterocycles. The van der Waals surface area contributed by atoms with Crippen molar-refractivity contribution in [1.29, 1.82) is 0 Å². The number of hydrogen-bond donors (Lipinski definition) is 2. The molecule has 3 N–H and O–H groups in total. The maximum Gasteiger partial charge on any atom is 0.248 e. The van der Waals surface area contributed by atoms with Gasteiger partial charge in [-0.2, -0.15) is 9.67 Å². The van der Waals surface area contributed by atoms with Crippen LogP contribution in [0.2, 0.25) is 0 Å². The van der Waals surface area contributed by atoms with Gasteiger partial charge in [0.1, 0.15) is 0 Å². The number of rotatable bonds is 6. The van der Waals surface area contributed by atoms with E-state index in [9.17, 15) is 0 Å². The molecule has 0 saturated carbocycles. The van der Waals surface area contributed by atoms with E-state index in [1.165, 1.54) is 16.8 Å². The zero-order chi connectivity index (χ0) is 27.6. The zero-order valence-electron chi connectivity index (χ0n) is 23.5. The van der Waals surface area contributed by atoms with Crippen molar-refractivity contribution in [2.24, 2.45) is 0 Å². The van der Waals surface area contributed by atoms with Crippen LogP contribution in [-0.2, 0) is 12.8 Å². The molecule has 0 spiro atoms. The van der Waals surface area contributed by atoms with E-state index < -0.39 is 0 Å². The molecule has 0 radical (unpaired) electrons. The number of aromatic nitrogens is 5. The van der Waals surface area contributed by atoms with Gasteiger partial charge in [-0.15, -0.1) is 15.3 Å². The Morgan fingerprint density at radius 3 is 2.45 bits per heavy atom.